The zero-order valence-corrected chi connectivity index (χ0v) is 11.4. The van der Waals surface area contributed by atoms with Gasteiger partial charge in [0.2, 0.25) is 0 Å². The summed E-state index contributed by atoms with van der Waals surface area (Å²) in [5.74, 6) is -1.59. The lowest BCUT2D eigenvalue weighted by atomic mass is 9.76. The summed E-state index contributed by atoms with van der Waals surface area (Å²) in [6.45, 7) is 0.955. The molecule has 0 saturated heterocycles. The van der Waals surface area contributed by atoms with Crippen molar-refractivity contribution in [2.75, 3.05) is 12.3 Å². The van der Waals surface area contributed by atoms with Crippen LogP contribution in [0, 0.1) is 0 Å². The van der Waals surface area contributed by atoms with E-state index >= 15 is 0 Å². The third kappa shape index (κ3) is 3.28. The summed E-state index contributed by atoms with van der Waals surface area (Å²) in [5.41, 5.74) is -0.182. The molecule has 0 bridgehead atoms. The molecule has 0 heterocycles. The molecule has 0 aliphatic carbocycles. The maximum absolute atomic E-state index is 13.3. The zero-order chi connectivity index (χ0) is 17.2. The van der Waals surface area contributed by atoms with Crippen molar-refractivity contribution in [3.8, 4) is 0 Å². The second-order valence-corrected chi connectivity index (χ2v) is 4.50. The van der Waals surface area contributed by atoms with Crippen molar-refractivity contribution in [1.82, 2.24) is 0 Å². The minimum atomic E-state index is -5.74. The number of alkyl halides is 6. The van der Waals surface area contributed by atoms with E-state index < -0.39 is 35.7 Å². The van der Waals surface area contributed by atoms with E-state index in [2.05, 4.69) is 4.74 Å². The number of hydrogen-bond acceptors (Lipinski definition) is 3. The predicted molar refractivity (Wildman–Crippen MR) is 65.9 cm³/mol. The monoisotopic (exact) mass is 329 g/mol. The molecule has 0 spiro atoms. The van der Waals surface area contributed by atoms with E-state index in [1.807, 2.05) is 0 Å². The molecule has 0 aromatic heterocycles. The fourth-order valence-corrected chi connectivity index (χ4v) is 1.99. The molecule has 124 valence electrons. The summed E-state index contributed by atoms with van der Waals surface area (Å²) in [5, 5.41) is 0. The molecule has 1 aromatic rings. The second-order valence-electron chi connectivity index (χ2n) is 4.50. The van der Waals surface area contributed by atoms with Crippen LogP contribution >= 0.6 is 0 Å². The molecule has 0 radical (unpaired) electrons. The highest BCUT2D eigenvalue weighted by Gasteiger charge is 2.72. The standard InChI is InChI=1S/C13H13F6NO2/c1-2-22-10(21)7-11(12(14,15)16,13(17,18)19)8-3-5-9(20)6-4-8/h3-6H,2,7,20H2,1H3. The Labute approximate surface area is 122 Å². The van der Waals surface area contributed by atoms with Gasteiger partial charge in [0.25, 0.3) is 0 Å². The molecule has 2 N–H and O–H groups in total. The van der Waals surface area contributed by atoms with Gasteiger partial charge in [-0.3, -0.25) is 4.79 Å². The largest absolute Gasteiger partial charge is 0.466 e. The minimum Gasteiger partial charge on any atom is -0.466 e. The van der Waals surface area contributed by atoms with Crippen LogP contribution in [0.1, 0.15) is 18.9 Å². The molecule has 0 aliphatic heterocycles. The molecule has 0 unspecified atom stereocenters. The molecule has 0 fully saturated rings. The Morgan fingerprint density at radius 3 is 1.86 bits per heavy atom. The van der Waals surface area contributed by atoms with Gasteiger partial charge < -0.3 is 10.5 Å². The molecule has 1 rings (SSSR count). The fourth-order valence-electron chi connectivity index (χ4n) is 1.99. The van der Waals surface area contributed by atoms with E-state index in [0.717, 1.165) is 12.1 Å². The van der Waals surface area contributed by atoms with Crippen LogP contribution in [0.4, 0.5) is 32.0 Å². The van der Waals surface area contributed by atoms with Crippen molar-refractivity contribution in [3.05, 3.63) is 29.8 Å². The first-order valence-electron chi connectivity index (χ1n) is 6.11. The van der Waals surface area contributed by atoms with Gasteiger partial charge in [0.1, 0.15) is 0 Å². The van der Waals surface area contributed by atoms with Gasteiger partial charge in [-0.2, -0.15) is 26.3 Å². The lowest BCUT2D eigenvalue weighted by molar-refractivity contribution is -0.305. The molecule has 0 amide bonds. The third-order valence-electron chi connectivity index (χ3n) is 3.09. The molecular formula is C13H13F6NO2. The van der Waals surface area contributed by atoms with Crippen LogP contribution in [-0.2, 0) is 14.9 Å². The summed E-state index contributed by atoms with van der Waals surface area (Å²) >= 11 is 0. The van der Waals surface area contributed by atoms with Crippen LogP contribution in [-0.4, -0.2) is 24.9 Å². The number of nitrogens with two attached hydrogens (primary N) is 1. The van der Waals surface area contributed by atoms with E-state index in [0.29, 0.717) is 12.1 Å². The van der Waals surface area contributed by atoms with Crippen molar-refractivity contribution in [2.45, 2.75) is 31.1 Å². The van der Waals surface area contributed by atoms with Gasteiger partial charge in [0.15, 0.2) is 5.41 Å². The Morgan fingerprint density at radius 1 is 1.05 bits per heavy atom. The molecule has 9 heteroatoms. The Kier molecular flexibility index (Phi) is 4.99. The van der Waals surface area contributed by atoms with E-state index in [1.54, 1.807) is 0 Å². The number of halogens is 6. The van der Waals surface area contributed by atoms with E-state index in [1.165, 1.54) is 6.92 Å². The van der Waals surface area contributed by atoms with Crippen molar-refractivity contribution in [2.24, 2.45) is 0 Å². The Hall–Kier alpha value is -1.93. The predicted octanol–water partition coefficient (Wildman–Crippen LogP) is 3.58. The number of ether oxygens (including phenoxy) is 1. The van der Waals surface area contributed by atoms with Crippen molar-refractivity contribution in [3.63, 3.8) is 0 Å². The fraction of sp³-hybridized carbons (Fsp3) is 0.462. The van der Waals surface area contributed by atoms with E-state index in [-0.39, 0.29) is 12.3 Å². The first kappa shape index (κ1) is 18.1. The van der Waals surface area contributed by atoms with Crippen LogP contribution < -0.4 is 5.73 Å². The average Bonchev–Trinajstić information content (AvgIpc) is 2.34. The number of rotatable bonds is 4. The molecule has 0 aliphatic rings. The van der Waals surface area contributed by atoms with Crippen molar-refractivity contribution < 1.29 is 35.9 Å². The molecule has 0 atom stereocenters. The normalized spacial score (nSPS) is 13.0. The first-order valence-corrected chi connectivity index (χ1v) is 6.11. The quantitative estimate of drug-likeness (QED) is 0.522. The van der Waals surface area contributed by atoms with Gasteiger partial charge >= 0.3 is 18.3 Å². The van der Waals surface area contributed by atoms with Gasteiger partial charge in [-0.05, 0) is 24.6 Å². The van der Waals surface area contributed by atoms with Gasteiger partial charge in [-0.15, -0.1) is 0 Å². The van der Waals surface area contributed by atoms with E-state index in [4.69, 9.17) is 5.73 Å². The number of hydrogen-bond donors (Lipinski definition) is 1. The SMILES string of the molecule is CCOC(=O)CC(c1ccc(N)cc1)(C(F)(F)F)C(F)(F)F. The summed E-state index contributed by atoms with van der Waals surface area (Å²) in [6, 6.07) is 3.03. The number of esters is 1. The summed E-state index contributed by atoms with van der Waals surface area (Å²) in [6.07, 6.45) is -13.4. The number of anilines is 1. The summed E-state index contributed by atoms with van der Waals surface area (Å²) < 4.78 is 84.1. The molecular weight excluding hydrogens is 316 g/mol. The number of carbonyl (C=O) groups excluding carboxylic acids is 1. The van der Waals surface area contributed by atoms with Gasteiger partial charge in [-0.25, -0.2) is 0 Å². The maximum Gasteiger partial charge on any atom is 0.407 e. The smallest absolute Gasteiger partial charge is 0.407 e. The van der Waals surface area contributed by atoms with Gasteiger partial charge in [0, 0.05) is 5.69 Å². The average molecular weight is 329 g/mol. The molecule has 22 heavy (non-hydrogen) atoms. The van der Waals surface area contributed by atoms with Gasteiger partial charge in [0.05, 0.1) is 13.0 Å². The highest BCUT2D eigenvalue weighted by atomic mass is 19.4. The molecule has 1 aromatic carbocycles. The highest BCUT2D eigenvalue weighted by Crippen LogP contribution is 2.54. The summed E-state index contributed by atoms with van der Waals surface area (Å²) in [7, 11) is 0. The van der Waals surface area contributed by atoms with Crippen molar-refractivity contribution in [1.29, 1.82) is 0 Å². The highest BCUT2D eigenvalue weighted by molar-refractivity contribution is 5.72. The van der Waals surface area contributed by atoms with Crippen LogP contribution in [0.3, 0.4) is 0 Å². The molecule has 0 saturated carbocycles. The Bertz CT molecular complexity index is 507. The second kappa shape index (κ2) is 6.05. The summed E-state index contributed by atoms with van der Waals surface area (Å²) in [4.78, 5) is 11.3. The lowest BCUT2D eigenvalue weighted by Crippen LogP contribution is -2.55. The Balaban J connectivity index is 3.52. The van der Waals surface area contributed by atoms with E-state index in [9.17, 15) is 31.1 Å². The third-order valence-corrected chi connectivity index (χ3v) is 3.09. The Morgan fingerprint density at radius 2 is 1.50 bits per heavy atom. The molecule has 3 nitrogen and oxygen atoms in total. The number of benzene rings is 1. The topological polar surface area (TPSA) is 52.3 Å². The van der Waals surface area contributed by atoms with Crippen molar-refractivity contribution >= 4 is 11.7 Å². The minimum absolute atomic E-state index is 0.00173. The maximum atomic E-state index is 13.3. The number of nitrogen functional groups attached to an aromatic ring is 1. The lowest BCUT2D eigenvalue weighted by Gasteiger charge is -2.37. The van der Waals surface area contributed by atoms with Crippen LogP contribution in [0.2, 0.25) is 0 Å². The van der Waals surface area contributed by atoms with Crippen LogP contribution in [0.5, 0.6) is 0 Å². The zero-order valence-electron chi connectivity index (χ0n) is 11.4. The van der Waals surface area contributed by atoms with Crippen LogP contribution in [0.25, 0.3) is 0 Å². The van der Waals surface area contributed by atoms with Gasteiger partial charge in [-0.1, -0.05) is 12.1 Å². The van der Waals surface area contributed by atoms with Crippen LogP contribution in [0.15, 0.2) is 24.3 Å². The number of carbonyl (C=O) groups is 1. The first-order chi connectivity index (χ1) is 9.95.